The summed E-state index contributed by atoms with van der Waals surface area (Å²) < 4.78 is 65.0. The third kappa shape index (κ3) is 5.10. The summed E-state index contributed by atoms with van der Waals surface area (Å²) in [5.74, 6) is -1.13. The topological polar surface area (TPSA) is 189 Å². The van der Waals surface area contributed by atoms with Gasteiger partial charge in [0, 0.05) is 17.4 Å². The first-order valence-electron chi connectivity index (χ1n) is 7.95. The van der Waals surface area contributed by atoms with Crippen molar-refractivity contribution < 1.29 is 51.3 Å². The Morgan fingerprint density at radius 1 is 1.06 bits per heavy atom. The van der Waals surface area contributed by atoms with Crippen LogP contribution in [0.25, 0.3) is 5.69 Å². The summed E-state index contributed by atoms with van der Waals surface area (Å²) in [6.07, 6.45) is 0. The zero-order chi connectivity index (χ0) is 22.3. The van der Waals surface area contributed by atoms with Crippen LogP contribution >= 0.6 is 0 Å². The van der Waals surface area contributed by atoms with Crippen molar-refractivity contribution in [2.75, 3.05) is 0 Å². The molecular formula is C16H15CrN4O8S2+. The van der Waals surface area contributed by atoms with Crippen LogP contribution < -0.4 is 5.56 Å². The molecule has 0 fully saturated rings. The van der Waals surface area contributed by atoms with Gasteiger partial charge in [-0.15, -0.1) is 5.69 Å². The molecule has 0 bridgehead atoms. The fourth-order valence-corrected chi connectivity index (χ4v) is 3.68. The quantitative estimate of drug-likeness (QED) is 0.264. The molecular weight excluding hydrogens is 492 g/mol. The molecule has 164 valence electrons. The van der Waals surface area contributed by atoms with Crippen molar-refractivity contribution in [3.63, 3.8) is 0 Å². The minimum Gasteiger partial charge on any atom is -0.504 e. The largest absolute Gasteiger partial charge is 1.00 e. The maximum Gasteiger partial charge on any atom is 1.00 e. The number of azo groups is 1. The SMILES string of the molecule is Cc1nn(-c2ccccc2)c(=O)[c-]1N=Nc1cc(S(=O)(=O)O)cc(S(=O)(=O)O)c1O.[Cr].[H+].[H+]. The van der Waals surface area contributed by atoms with Gasteiger partial charge in [0.15, 0.2) is 5.75 Å². The van der Waals surface area contributed by atoms with E-state index >= 15 is 0 Å². The maximum atomic E-state index is 12.6. The molecule has 0 unspecified atom stereocenters. The molecule has 0 aliphatic rings. The fraction of sp³-hybridized carbons (Fsp3) is 0.0625. The van der Waals surface area contributed by atoms with Gasteiger partial charge in [-0.3, -0.25) is 9.11 Å². The number of phenols is 1. The second-order valence-corrected chi connectivity index (χ2v) is 8.74. The Morgan fingerprint density at radius 2 is 1.68 bits per heavy atom. The molecule has 0 atom stereocenters. The molecule has 3 aromatic rings. The minimum atomic E-state index is -5.08. The van der Waals surface area contributed by atoms with E-state index in [0.29, 0.717) is 17.8 Å². The number of aryl methyl sites for hydroxylation is 1. The van der Waals surface area contributed by atoms with Gasteiger partial charge in [-0.05, 0) is 24.3 Å². The van der Waals surface area contributed by atoms with Gasteiger partial charge in [0.2, 0.25) is 0 Å². The fourth-order valence-electron chi connectivity index (χ4n) is 2.45. The summed E-state index contributed by atoms with van der Waals surface area (Å²) in [6, 6.07) is 9.30. The second-order valence-electron chi connectivity index (χ2n) is 5.93. The number of rotatable bonds is 5. The summed E-state index contributed by atoms with van der Waals surface area (Å²) in [6.45, 7) is 1.45. The van der Waals surface area contributed by atoms with Crippen LogP contribution in [-0.2, 0) is 37.6 Å². The van der Waals surface area contributed by atoms with Gasteiger partial charge in [-0.1, -0.05) is 30.8 Å². The van der Waals surface area contributed by atoms with E-state index in [0.717, 1.165) is 4.68 Å². The molecule has 3 rings (SSSR count). The summed E-state index contributed by atoms with van der Waals surface area (Å²) in [5, 5.41) is 21.3. The van der Waals surface area contributed by atoms with Crippen molar-refractivity contribution in [2.24, 2.45) is 10.2 Å². The maximum absolute atomic E-state index is 12.6. The zero-order valence-electron chi connectivity index (χ0n) is 17.4. The van der Waals surface area contributed by atoms with Crippen molar-refractivity contribution in [3.8, 4) is 11.4 Å². The molecule has 3 N–H and O–H groups in total. The van der Waals surface area contributed by atoms with Crippen LogP contribution in [0.3, 0.4) is 0 Å². The Morgan fingerprint density at radius 3 is 2.23 bits per heavy atom. The average molecular weight is 507 g/mol. The van der Waals surface area contributed by atoms with E-state index in [2.05, 4.69) is 15.3 Å². The standard InChI is InChI=1S/C16H13N4O8S2.Cr/c1-9-14(16(22)20(19-9)10-5-3-2-4-6-10)18-17-12-7-11(29(23,24)25)8-13(15(12)21)30(26,27)28;/h2-8,21H,1H3,(H,23,24,25)(H,26,27,28);/q-1;/p+2. The monoisotopic (exact) mass is 507 g/mol. The Bertz CT molecular complexity index is 1440. The Hall–Kier alpha value is -2.80. The van der Waals surface area contributed by atoms with Crippen molar-refractivity contribution in [1.29, 1.82) is 0 Å². The number of hydrogen-bond donors (Lipinski definition) is 3. The van der Waals surface area contributed by atoms with E-state index in [4.69, 9.17) is 0 Å². The van der Waals surface area contributed by atoms with Gasteiger partial charge < -0.3 is 15.0 Å². The number of aromatic hydroxyl groups is 1. The number of para-hydroxylation sites is 1. The molecule has 31 heavy (non-hydrogen) atoms. The van der Waals surface area contributed by atoms with E-state index in [1.54, 1.807) is 30.3 Å². The number of phenolic OH excluding ortho intramolecular Hbond substituents is 1. The van der Waals surface area contributed by atoms with Gasteiger partial charge >= 0.3 is 2.85 Å². The van der Waals surface area contributed by atoms with Crippen molar-refractivity contribution in [1.82, 2.24) is 9.78 Å². The predicted octanol–water partition coefficient (Wildman–Crippen LogP) is 2.10. The Labute approximate surface area is 189 Å². The molecule has 1 heterocycles. The first kappa shape index (κ1) is 24.5. The Balaban J connectivity index is 0.00000341. The van der Waals surface area contributed by atoms with E-state index in [1.807, 2.05) is 0 Å². The van der Waals surface area contributed by atoms with Gasteiger partial charge in [-0.2, -0.15) is 21.9 Å². The number of aromatic nitrogens is 2. The summed E-state index contributed by atoms with van der Waals surface area (Å²) in [7, 11) is -10.00. The molecule has 12 nitrogen and oxygen atoms in total. The summed E-state index contributed by atoms with van der Waals surface area (Å²) in [5.41, 5.74) is -1.08. The van der Waals surface area contributed by atoms with E-state index in [-0.39, 0.29) is 31.6 Å². The Kier molecular flexibility index (Phi) is 6.91. The van der Waals surface area contributed by atoms with E-state index in [1.165, 1.54) is 6.92 Å². The van der Waals surface area contributed by atoms with Crippen LogP contribution in [0.1, 0.15) is 8.55 Å². The summed E-state index contributed by atoms with van der Waals surface area (Å²) in [4.78, 5) is 10.4. The molecule has 1 aromatic heterocycles. The molecule has 0 spiro atoms. The minimum absolute atomic E-state index is 0. The molecule has 0 aliphatic heterocycles. The van der Waals surface area contributed by atoms with E-state index in [9.17, 15) is 35.8 Å². The number of hydrogen-bond acceptors (Lipinski definition) is 9. The third-order valence-electron chi connectivity index (χ3n) is 3.85. The number of nitrogens with zero attached hydrogens (tertiary/aromatic N) is 4. The van der Waals surface area contributed by atoms with Gasteiger partial charge in [0.25, 0.3) is 20.2 Å². The number of benzene rings is 2. The van der Waals surface area contributed by atoms with Crippen LogP contribution in [-0.4, -0.2) is 40.8 Å². The molecule has 0 aliphatic carbocycles. The average Bonchev–Trinajstić information content (AvgIpc) is 2.93. The molecule has 0 saturated carbocycles. The third-order valence-corrected chi connectivity index (χ3v) is 5.55. The summed E-state index contributed by atoms with van der Waals surface area (Å²) >= 11 is 0. The van der Waals surface area contributed by atoms with Crippen LogP contribution in [0, 0.1) is 6.92 Å². The normalized spacial score (nSPS) is 12.1. The molecule has 0 saturated heterocycles. The molecule has 2 aromatic carbocycles. The van der Waals surface area contributed by atoms with Gasteiger partial charge in [0.05, 0.1) is 10.6 Å². The van der Waals surface area contributed by atoms with Crippen LogP contribution in [0.4, 0.5) is 11.4 Å². The van der Waals surface area contributed by atoms with Crippen molar-refractivity contribution >= 4 is 31.6 Å². The molecule has 15 heteroatoms. The van der Waals surface area contributed by atoms with Gasteiger partial charge in [-0.25, -0.2) is 9.78 Å². The van der Waals surface area contributed by atoms with Crippen LogP contribution in [0.15, 0.2) is 67.3 Å². The van der Waals surface area contributed by atoms with Crippen molar-refractivity contribution in [2.45, 2.75) is 16.7 Å². The van der Waals surface area contributed by atoms with Crippen molar-refractivity contribution in [3.05, 3.63) is 58.5 Å². The molecule has 0 radical (unpaired) electrons. The van der Waals surface area contributed by atoms with Crippen LogP contribution in [0.5, 0.6) is 5.75 Å². The first-order chi connectivity index (χ1) is 13.9. The smallest absolute Gasteiger partial charge is 0.504 e. The van der Waals surface area contributed by atoms with Gasteiger partial charge in [0.1, 0.15) is 16.1 Å². The zero-order valence-corrected chi connectivity index (χ0v) is 18.3. The molecule has 0 amide bonds. The first-order valence-corrected chi connectivity index (χ1v) is 10.8. The second kappa shape index (κ2) is 8.75. The van der Waals surface area contributed by atoms with E-state index < -0.39 is 47.0 Å². The van der Waals surface area contributed by atoms with Crippen LogP contribution in [0.2, 0.25) is 0 Å². The predicted molar refractivity (Wildman–Crippen MR) is 104 cm³/mol.